The maximum Gasteiger partial charge on any atom is 0.0950 e. The molecule has 3 aromatic rings. The zero-order valence-corrected chi connectivity index (χ0v) is 12.2. The van der Waals surface area contributed by atoms with Crippen molar-refractivity contribution < 1.29 is 0 Å². The molecule has 2 aromatic carbocycles. The van der Waals surface area contributed by atoms with E-state index in [1.54, 1.807) is 0 Å². The van der Waals surface area contributed by atoms with E-state index in [9.17, 15) is 0 Å². The van der Waals surface area contributed by atoms with Gasteiger partial charge in [-0.2, -0.15) is 10.2 Å². The molecule has 0 aliphatic rings. The minimum absolute atomic E-state index is 0.888. The third kappa shape index (κ3) is 2.77. The summed E-state index contributed by atoms with van der Waals surface area (Å²) in [6.07, 6.45) is 0. The van der Waals surface area contributed by atoms with Gasteiger partial charge in [-0.15, -0.1) is 0 Å². The van der Waals surface area contributed by atoms with Crippen molar-refractivity contribution >= 4 is 11.4 Å². The van der Waals surface area contributed by atoms with E-state index in [4.69, 9.17) is 0 Å². The lowest BCUT2D eigenvalue weighted by Gasteiger charge is -2.21. The van der Waals surface area contributed by atoms with Gasteiger partial charge in [0.15, 0.2) is 0 Å². The van der Waals surface area contributed by atoms with E-state index in [0.717, 1.165) is 28.3 Å². The summed E-state index contributed by atoms with van der Waals surface area (Å²) in [4.78, 5) is 2.14. The second kappa shape index (κ2) is 5.75. The Kier molecular flexibility index (Phi) is 3.65. The fraction of sp³-hybridized carbons (Fsp3) is 0.111. The molecule has 0 atom stereocenters. The molecule has 0 aliphatic carbocycles. The molecule has 1 aromatic heterocycles. The first-order valence-corrected chi connectivity index (χ1v) is 6.94. The molecule has 0 fully saturated rings. The third-order valence-corrected chi connectivity index (χ3v) is 3.53. The van der Waals surface area contributed by atoms with E-state index in [-0.39, 0.29) is 0 Å². The minimum Gasteiger partial charge on any atom is -0.343 e. The van der Waals surface area contributed by atoms with Crippen LogP contribution in [0.15, 0.2) is 66.7 Å². The highest BCUT2D eigenvalue weighted by Crippen LogP contribution is 2.28. The molecule has 0 spiro atoms. The predicted molar refractivity (Wildman–Crippen MR) is 86.7 cm³/mol. The molecule has 104 valence electrons. The average molecular weight is 275 g/mol. The van der Waals surface area contributed by atoms with E-state index in [2.05, 4.69) is 33.3 Å². The Morgan fingerprint density at radius 3 is 2.10 bits per heavy atom. The highest BCUT2D eigenvalue weighted by Gasteiger charge is 2.10. The van der Waals surface area contributed by atoms with Crippen molar-refractivity contribution in [1.29, 1.82) is 0 Å². The quantitative estimate of drug-likeness (QED) is 0.716. The molecule has 0 N–H and O–H groups in total. The summed E-state index contributed by atoms with van der Waals surface area (Å²) in [5.41, 5.74) is 5.08. The number of aromatic nitrogens is 2. The molecular formula is C18H17N3. The Balaban J connectivity index is 2.03. The molecule has 0 bridgehead atoms. The summed E-state index contributed by atoms with van der Waals surface area (Å²) in [7, 11) is 2.05. The van der Waals surface area contributed by atoms with Crippen LogP contribution in [0.5, 0.6) is 0 Å². The maximum atomic E-state index is 4.31. The smallest absolute Gasteiger partial charge is 0.0950 e. The molecule has 3 heteroatoms. The number of nitrogens with zero attached hydrogens (tertiary/aromatic N) is 3. The lowest BCUT2D eigenvalue weighted by Crippen LogP contribution is -2.12. The van der Waals surface area contributed by atoms with Gasteiger partial charge in [0.2, 0.25) is 0 Å². The normalized spacial score (nSPS) is 10.4. The molecular weight excluding hydrogens is 258 g/mol. The number of hydrogen-bond acceptors (Lipinski definition) is 3. The van der Waals surface area contributed by atoms with Crippen molar-refractivity contribution in [3.05, 3.63) is 72.4 Å². The molecule has 0 unspecified atom stereocenters. The summed E-state index contributed by atoms with van der Waals surface area (Å²) >= 11 is 0. The van der Waals surface area contributed by atoms with Gasteiger partial charge < -0.3 is 4.90 Å². The van der Waals surface area contributed by atoms with Crippen LogP contribution in [-0.2, 0) is 0 Å². The fourth-order valence-corrected chi connectivity index (χ4v) is 2.32. The first kappa shape index (κ1) is 13.3. The van der Waals surface area contributed by atoms with E-state index < -0.39 is 0 Å². The Morgan fingerprint density at radius 1 is 0.810 bits per heavy atom. The summed E-state index contributed by atoms with van der Waals surface area (Å²) in [5.74, 6) is 0. The standard InChI is InChI=1S/C18H17N3/c1-14-18(21(2)16-11-7-4-8-12-16)13-17(20-19-14)15-9-5-3-6-10-15/h3-13H,1-2H3. The molecule has 3 rings (SSSR count). The zero-order valence-electron chi connectivity index (χ0n) is 12.2. The maximum absolute atomic E-state index is 4.31. The number of hydrogen-bond donors (Lipinski definition) is 0. The molecule has 0 saturated heterocycles. The molecule has 3 nitrogen and oxygen atoms in total. The van der Waals surface area contributed by atoms with Gasteiger partial charge in [-0.25, -0.2) is 0 Å². The van der Waals surface area contributed by atoms with Gasteiger partial charge in [0.05, 0.1) is 17.1 Å². The number of benzene rings is 2. The van der Waals surface area contributed by atoms with Crippen LogP contribution in [0.2, 0.25) is 0 Å². The van der Waals surface area contributed by atoms with Crippen molar-refractivity contribution in [1.82, 2.24) is 10.2 Å². The first-order valence-electron chi connectivity index (χ1n) is 6.94. The third-order valence-electron chi connectivity index (χ3n) is 3.53. The summed E-state index contributed by atoms with van der Waals surface area (Å²) in [6.45, 7) is 1.98. The lowest BCUT2D eigenvalue weighted by molar-refractivity contribution is 0.972. The molecule has 0 radical (unpaired) electrons. The van der Waals surface area contributed by atoms with E-state index >= 15 is 0 Å². The van der Waals surface area contributed by atoms with Crippen molar-refractivity contribution in [3.8, 4) is 11.3 Å². The Hall–Kier alpha value is -2.68. The van der Waals surface area contributed by atoms with Crippen molar-refractivity contribution in [2.45, 2.75) is 6.92 Å². The van der Waals surface area contributed by atoms with E-state index in [1.807, 2.05) is 62.5 Å². The lowest BCUT2D eigenvalue weighted by atomic mass is 10.1. The number of rotatable bonds is 3. The summed E-state index contributed by atoms with van der Waals surface area (Å²) in [5, 5.41) is 8.62. The Bertz CT molecular complexity index is 724. The van der Waals surface area contributed by atoms with Crippen molar-refractivity contribution in [2.24, 2.45) is 0 Å². The summed E-state index contributed by atoms with van der Waals surface area (Å²) < 4.78 is 0. The minimum atomic E-state index is 0.888. The number of anilines is 2. The predicted octanol–water partition coefficient (Wildman–Crippen LogP) is 4.22. The van der Waals surface area contributed by atoms with Crippen LogP contribution in [0.25, 0.3) is 11.3 Å². The largest absolute Gasteiger partial charge is 0.343 e. The molecule has 0 saturated carbocycles. The van der Waals surface area contributed by atoms with Crippen LogP contribution in [0.4, 0.5) is 11.4 Å². The fourth-order valence-electron chi connectivity index (χ4n) is 2.32. The Morgan fingerprint density at radius 2 is 1.43 bits per heavy atom. The van der Waals surface area contributed by atoms with Gasteiger partial charge in [0.1, 0.15) is 0 Å². The molecule has 21 heavy (non-hydrogen) atoms. The highest BCUT2D eigenvalue weighted by atomic mass is 15.2. The SMILES string of the molecule is Cc1nnc(-c2ccccc2)cc1N(C)c1ccccc1. The van der Waals surface area contributed by atoms with E-state index in [0.29, 0.717) is 0 Å². The van der Waals surface area contributed by atoms with Crippen LogP contribution in [0, 0.1) is 6.92 Å². The topological polar surface area (TPSA) is 29.0 Å². The van der Waals surface area contributed by atoms with Crippen LogP contribution < -0.4 is 4.90 Å². The summed E-state index contributed by atoms with van der Waals surface area (Å²) in [6, 6.07) is 22.5. The van der Waals surface area contributed by atoms with Gasteiger partial charge in [0, 0.05) is 18.3 Å². The second-order valence-corrected chi connectivity index (χ2v) is 4.96. The number of aryl methyl sites for hydroxylation is 1. The van der Waals surface area contributed by atoms with Crippen molar-refractivity contribution in [2.75, 3.05) is 11.9 Å². The second-order valence-electron chi connectivity index (χ2n) is 4.96. The average Bonchev–Trinajstić information content (AvgIpc) is 2.56. The van der Waals surface area contributed by atoms with Gasteiger partial charge in [-0.05, 0) is 25.1 Å². The molecule has 0 amide bonds. The van der Waals surface area contributed by atoms with E-state index in [1.165, 1.54) is 0 Å². The number of para-hydroxylation sites is 1. The monoisotopic (exact) mass is 275 g/mol. The zero-order chi connectivity index (χ0) is 14.7. The first-order chi connectivity index (χ1) is 10.3. The van der Waals surface area contributed by atoms with Gasteiger partial charge in [-0.1, -0.05) is 48.5 Å². The van der Waals surface area contributed by atoms with Crippen LogP contribution in [-0.4, -0.2) is 17.2 Å². The van der Waals surface area contributed by atoms with Crippen LogP contribution in [0.3, 0.4) is 0 Å². The van der Waals surface area contributed by atoms with Gasteiger partial charge in [-0.3, -0.25) is 0 Å². The molecule has 0 aliphatic heterocycles. The van der Waals surface area contributed by atoms with Gasteiger partial charge >= 0.3 is 0 Å². The Labute approximate surface area is 124 Å². The highest BCUT2D eigenvalue weighted by molar-refractivity contribution is 5.70. The van der Waals surface area contributed by atoms with Crippen molar-refractivity contribution in [3.63, 3.8) is 0 Å². The molecule has 1 heterocycles. The van der Waals surface area contributed by atoms with Crippen LogP contribution >= 0.6 is 0 Å². The van der Waals surface area contributed by atoms with Gasteiger partial charge in [0.25, 0.3) is 0 Å². The van der Waals surface area contributed by atoms with Crippen LogP contribution in [0.1, 0.15) is 5.69 Å².